The molecular weight excluding hydrogens is 192 g/mol. The van der Waals surface area contributed by atoms with Gasteiger partial charge in [-0.05, 0) is 25.4 Å². The minimum Gasteiger partial charge on any atom is -0.392 e. The number of carbonyl (C=O) groups excluding carboxylic acids is 1. The maximum Gasteiger partial charge on any atom is 0.220 e. The van der Waals surface area contributed by atoms with E-state index in [4.69, 9.17) is 0 Å². The molecule has 0 bridgehead atoms. The van der Waals surface area contributed by atoms with Gasteiger partial charge in [-0.15, -0.1) is 0 Å². The van der Waals surface area contributed by atoms with E-state index in [-0.39, 0.29) is 23.5 Å². The van der Waals surface area contributed by atoms with E-state index >= 15 is 0 Å². The van der Waals surface area contributed by atoms with E-state index in [0.717, 1.165) is 13.1 Å². The molecule has 2 unspecified atom stereocenters. The summed E-state index contributed by atoms with van der Waals surface area (Å²) in [5, 5.41) is 15.7. The van der Waals surface area contributed by atoms with E-state index in [0.29, 0.717) is 18.8 Å². The summed E-state index contributed by atoms with van der Waals surface area (Å²) in [6.07, 6.45) is 1.05. The van der Waals surface area contributed by atoms with Crippen LogP contribution in [0.25, 0.3) is 0 Å². The van der Waals surface area contributed by atoms with Crippen LogP contribution < -0.4 is 10.6 Å². The fourth-order valence-electron chi connectivity index (χ4n) is 2.16. The molecular formula is C11H20N2O2. The van der Waals surface area contributed by atoms with Crippen molar-refractivity contribution in [3.8, 4) is 0 Å². The van der Waals surface area contributed by atoms with Crippen LogP contribution in [0.2, 0.25) is 0 Å². The third-order valence-corrected chi connectivity index (χ3v) is 3.89. The van der Waals surface area contributed by atoms with E-state index in [2.05, 4.69) is 10.6 Å². The summed E-state index contributed by atoms with van der Waals surface area (Å²) in [7, 11) is 0. The lowest BCUT2D eigenvalue weighted by Crippen LogP contribution is -2.61. The van der Waals surface area contributed by atoms with Gasteiger partial charge in [0, 0.05) is 17.9 Å². The fourth-order valence-corrected chi connectivity index (χ4v) is 2.16. The van der Waals surface area contributed by atoms with Crippen molar-refractivity contribution in [3.05, 3.63) is 0 Å². The molecule has 2 atom stereocenters. The Hall–Kier alpha value is -0.610. The van der Waals surface area contributed by atoms with Crippen molar-refractivity contribution in [2.75, 3.05) is 13.1 Å². The summed E-state index contributed by atoms with van der Waals surface area (Å²) in [6, 6.07) is 0.146. The van der Waals surface area contributed by atoms with Gasteiger partial charge >= 0.3 is 0 Å². The van der Waals surface area contributed by atoms with E-state index in [1.54, 1.807) is 0 Å². The predicted octanol–water partition coefficient (Wildman–Crippen LogP) is -0.128. The van der Waals surface area contributed by atoms with Crippen molar-refractivity contribution in [1.29, 1.82) is 0 Å². The maximum atomic E-state index is 11.6. The lowest BCUT2D eigenvalue weighted by molar-refractivity contribution is -0.130. The molecule has 1 aliphatic carbocycles. The number of aliphatic hydroxyl groups excluding tert-OH is 1. The van der Waals surface area contributed by atoms with Gasteiger partial charge in [0.1, 0.15) is 0 Å². The largest absolute Gasteiger partial charge is 0.392 e. The Bertz CT molecular complexity index is 261. The van der Waals surface area contributed by atoms with Crippen molar-refractivity contribution in [1.82, 2.24) is 10.6 Å². The average molecular weight is 212 g/mol. The van der Waals surface area contributed by atoms with Gasteiger partial charge in [0.25, 0.3) is 0 Å². The first-order chi connectivity index (χ1) is 7.00. The highest BCUT2D eigenvalue weighted by Gasteiger charge is 2.47. The highest BCUT2D eigenvalue weighted by molar-refractivity contribution is 5.77. The van der Waals surface area contributed by atoms with Crippen LogP contribution in [0.4, 0.5) is 0 Å². The van der Waals surface area contributed by atoms with Crippen LogP contribution in [0.3, 0.4) is 0 Å². The Labute approximate surface area is 90.4 Å². The Morgan fingerprint density at radius 2 is 2.20 bits per heavy atom. The summed E-state index contributed by atoms with van der Waals surface area (Å²) in [6.45, 7) is 5.92. The number of rotatable bonds is 3. The molecule has 0 aromatic rings. The third-order valence-electron chi connectivity index (χ3n) is 3.89. The summed E-state index contributed by atoms with van der Waals surface area (Å²) in [4.78, 5) is 11.6. The lowest BCUT2D eigenvalue weighted by Gasteiger charge is -2.49. The Kier molecular flexibility index (Phi) is 2.73. The predicted molar refractivity (Wildman–Crippen MR) is 57.3 cm³/mol. The first-order valence-corrected chi connectivity index (χ1v) is 5.68. The monoisotopic (exact) mass is 212 g/mol. The van der Waals surface area contributed by atoms with Crippen molar-refractivity contribution in [2.45, 2.75) is 38.8 Å². The number of amides is 1. The van der Waals surface area contributed by atoms with Gasteiger partial charge in [0.2, 0.25) is 5.91 Å². The summed E-state index contributed by atoms with van der Waals surface area (Å²) < 4.78 is 0. The van der Waals surface area contributed by atoms with Gasteiger partial charge in [0.05, 0.1) is 6.10 Å². The molecule has 1 saturated heterocycles. The van der Waals surface area contributed by atoms with Gasteiger partial charge in [-0.1, -0.05) is 13.8 Å². The first-order valence-electron chi connectivity index (χ1n) is 5.68. The Balaban J connectivity index is 1.75. The Morgan fingerprint density at radius 3 is 2.60 bits per heavy atom. The summed E-state index contributed by atoms with van der Waals surface area (Å²) in [5.74, 6) is 0.643. The molecule has 4 heteroatoms. The van der Waals surface area contributed by atoms with Crippen LogP contribution in [0, 0.1) is 11.3 Å². The number of carbonyl (C=O) groups is 1. The molecule has 1 aliphatic heterocycles. The number of aliphatic hydroxyl groups is 1. The highest BCUT2D eigenvalue weighted by atomic mass is 16.3. The molecule has 2 rings (SSSR count). The molecule has 0 aromatic carbocycles. The fraction of sp³-hybridized carbons (Fsp3) is 0.909. The molecule has 4 nitrogen and oxygen atoms in total. The number of nitrogens with one attached hydrogen (secondary N) is 2. The third kappa shape index (κ3) is 2.01. The van der Waals surface area contributed by atoms with Gasteiger partial charge in [-0.2, -0.15) is 0 Å². The molecule has 0 radical (unpaired) electrons. The van der Waals surface area contributed by atoms with Crippen LogP contribution in [-0.2, 0) is 4.79 Å². The standard InChI is InChI=1S/C11H20N2O2/c1-11(2)8(4-9(11)14)13-10(15)3-7-5-12-6-7/h7-9,12,14H,3-6H2,1-2H3,(H,13,15). The minimum absolute atomic E-state index is 0.131. The zero-order valence-electron chi connectivity index (χ0n) is 9.42. The minimum atomic E-state index is -0.270. The van der Waals surface area contributed by atoms with Crippen LogP contribution in [0.1, 0.15) is 26.7 Å². The molecule has 1 amide bonds. The summed E-state index contributed by atoms with van der Waals surface area (Å²) in [5.41, 5.74) is -0.159. The zero-order valence-corrected chi connectivity index (χ0v) is 9.42. The molecule has 15 heavy (non-hydrogen) atoms. The smallest absolute Gasteiger partial charge is 0.220 e. The zero-order chi connectivity index (χ0) is 11.1. The summed E-state index contributed by atoms with van der Waals surface area (Å²) >= 11 is 0. The SMILES string of the molecule is CC1(C)C(O)CC1NC(=O)CC1CNC1. The van der Waals surface area contributed by atoms with Gasteiger partial charge in [-0.3, -0.25) is 4.79 Å². The van der Waals surface area contributed by atoms with E-state index in [9.17, 15) is 9.90 Å². The van der Waals surface area contributed by atoms with Crippen LogP contribution in [-0.4, -0.2) is 36.2 Å². The molecule has 0 spiro atoms. The highest BCUT2D eigenvalue weighted by Crippen LogP contribution is 2.40. The molecule has 1 saturated carbocycles. The second-order valence-corrected chi connectivity index (χ2v) is 5.42. The van der Waals surface area contributed by atoms with Crippen molar-refractivity contribution < 1.29 is 9.90 Å². The average Bonchev–Trinajstić information content (AvgIpc) is 2.11. The van der Waals surface area contributed by atoms with E-state index in [1.807, 2.05) is 13.8 Å². The van der Waals surface area contributed by atoms with Crippen LogP contribution in [0.5, 0.6) is 0 Å². The number of hydrogen-bond donors (Lipinski definition) is 3. The number of hydrogen-bond acceptors (Lipinski definition) is 3. The van der Waals surface area contributed by atoms with E-state index < -0.39 is 0 Å². The van der Waals surface area contributed by atoms with E-state index in [1.165, 1.54) is 0 Å². The second-order valence-electron chi connectivity index (χ2n) is 5.42. The molecule has 2 fully saturated rings. The lowest BCUT2D eigenvalue weighted by atomic mass is 9.64. The normalized spacial score (nSPS) is 34.1. The maximum absolute atomic E-state index is 11.6. The molecule has 2 aliphatic rings. The quantitative estimate of drug-likeness (QED) is 0.611. The molecule has 3 N–H and O–H groups in total. The Morgan fingerprint density at radius 1 is 1.53 bits per heavy atom. The van der Waals surface area contributed by atoms with Crippen molar-refractivity contribution >= 4 is 5.91 Å². The van der Waals surface area contributed by atoms with Gasteiger partial charge in [-0.25, -0.2) is 0 Å². The van der Waals surface area contributed by atoms with Crippen LogP contribution >= 0.6 is 0 Å². The molecule has 1 heterocycles. The van der Waals surface area contributed by atoms with Crippen LogP contribution in [0.15, 0.2) is 0 Å². The topological polar surface area (TPSA) is 61.4 Å². The van der Waals surface area contributed by atoms with Gasteiger partial charge in [0.15, 0.2) is 0 Å². The molecule has 0 aromatic heterocycles. The molecule has 86 valence electrons. The second kappa shape index (κ2) is 3.76. The van der Waals surface area contributed by atoms with Crippen molar-refractivity contribution in [2.24, 2.45) is 11.3 Å². The van der Waals surface area contributed by atoms with Crippen molar-refractivity contribution in [3.63, 3.8) is 0 Å². The van der Waals surface area contributed by atoms with Gasteiger partial charge < -0.3 is 15.7 Å². The first kappa shape index (κ1) is 10.9.